The summed E-state index contributed by atoms with van der Waals surface area (Å²) in [5, 5.41) is 6.73. The van der Waals surface area contributed by atoms with Crippen LogP contribution in [0.1, 0.15) is 26.3 Å². The Kier molecular flexibility index (Phi) is 6.58. The van der Waals surface area contributed by atoms with E-state index in [9.17, 15) is 4.79 Å². The summed E-state index contributed by atoms with van der Waals surface area (Å²) in [6, 6.07) is 7.34. The van der Waals surface area contributed by atoms with E-state index in [-0.39, 0.29) is 17.9 Å². The average Bonchev–Trinajstić information content (AvgIpc) is 2.59. The van der Waals surface area contributed by atoms with Gasteiger partial charge in [0.15, 0.2) is 5.11 Å². The molecule has 134 valence electrons. The summed E-state index contributed by atoms with van der Waals surface area (Å²) in [4.78, 5) is 12.5. The Labute approximate surface area is 154 Å². The molecule has 0 bridgehead atoms. The lowest BCUT2D eigenvalue weighted by Crippen LogP contribution is -2.50. The van der Waals surface area contributed by atoms with Crippen molar-refractivity contribution < 1.29 is 14.3 Å². The second-order valence-electron chi connectivity index (χ2n) is 5.91. The first-order valence-corrected chi connectivity index (χ1v) is 8.68. The number of esters is 1. The fourth-order valence-electron chi connectivity index (χ4n) is 2.57. The quantitative estimate of drug-likeness (QED) is 0.601. The maximum atomic E-state index is 12.5. The molecule has 0 amide bonds. The molecule has 0 aliphatic carbocycles. The molecule has 1 atom stereocenters. The highest BCUT2D eigenvalue weighted by atomic mass is 32.1. The van der Waals surface area contributed by atoms with Gasteiger partial charge in [-0.2, -0.15) is 0 Å². The average molecular weight is 360 g/mol. The molecule has 0 aromatic heterocycles. The van der Waals surface area contributed by atoms with Gasteiger partial charge in [-0.05, 0) is 42.8 Å². The third kappa shape index (κ3) is 4.82. The van der Waals surface area contributed by atoms with Gasteiger partial charge in [-0.3, -0.25) is 0 Å². The van der Waals surface area contributed by atoms with Crippen molar-refractivity contribution in [3.8, 4) is 5.75 Å². The highest BCUT2D eigenvalue weighted by Crippen LogP contribution is 2.22. The van der Waals surface area contributed by atoms with Crippen molar-refractivity contribution in [1.82, 2.24) is 10.6 Å². The highest BCUT2D eigenvalue weighted by molar-refractivity contribution is 7.80. The predicted molar refractivity (Wildman–Crippen MR) is 103 cm³/mol. The van der Waals surface area contributed by atoms with Crippen LogP contribution in [0, 0.1) is 5.92 Å². The molecule has 2 N–H and O–H groups in total. The van der Waals surface area contributed by atoms with Crippen LogP contribution in [0.3, 0.4) is 0 Å². The SMILES string of the molecule is CCOC(=O)C1=C(C(C)C)NC(=S)N[C@H]1/C=C/c1ccc(OC)cc1. The Balaban J connectivity index is 2.33. The largest absolute Gasteiger partial charge is 0.497 e. The molecule has 0 saturated carbocycles. The van der Waals surface area contributed by atoms with Gasteiger partial charge in [-0.15, -0.1) is 0 Å². The minimum Gasteiger partial charge on any atom is -0.497 e. The van der Waals surface area contributed by atoms with Crippen molar-refractivity contribution >= 4 is 29.4 Å². The lowest BCUT2D eigenvalue weighted by Gasteiger charge is -2.30. The van der Waals surface area contributed by atoms with Crippen LogP contribution < -0.4 is 15.4 Å². The molecule has 0 saturated heterocycles. The number of benzene rings is 1. The number of rotatable bonds is 6. The van der Waals surface area contributed by atoms with E-state index >= 15 is 0 Å². The summed E-state index contributed by atoms with van der Waals surface area (Å²) in [7, 11) is 1.63. The van der Waals surface area contributed by atoms with Gasteiger partial charge in [0.05, 0.1) is 25.3 Å². The molecule has 5 nitrogen and oxygen atoms in total. The van der Waals surface area contributed by atoms with Crippen LogP contribution in [0.5, 0.6) is 5.75 Å². The molecule has 25 heavy (non-hydrogen) atoms. The lowest BCUT2D eigenvalue weighted by atomic mass is 9.95. The van der Waals surface area contributed by atoms with Crippen molar-refractivity contribution in [2.24, 2.45) is 5.92 Å². The van der Waals surface area contributed by atoms with Crippen LogP contribution in [0.15, 0.2) is 41.6 Å². The van der Waals surface area contributed by atoms with Crippen molar-refractivity contribution in [1.29, 1.82) is 0 Å². The fourth-order valence-corrected chi connectivity index (χ4v) is 2.81. The summed E-state index contributed by atoms with van der Waals surface area (Å²) in [5.41, 5.74) is 2.36. The van der Waals surface area contributed by atoms with E-state index in [1.54, 1.807) is 14.0 Å². The molecule has 1 aliphatic rings. The van der Waals surface area contributed by atoms with E-state index in [0.29, 0.717) is 17.3 Å². The Hall–Kier alpha value is -2.34. The standard InChI is InChI=1S/C19H24N2O3S/c1-5-24-18(22)16-15(20-19(25)21-17(16)12(2)3)11-8-13-6-9-14(23-4)10-7-13/h6-12,15H,5H2,1-4H3,(H2,20,21,25)/b11-8+/t15-/m0/s1. The number of ether oxygens (including phenoxy) is 2. The maximum absolute atomic E-state index is 12.5. The van der Waals surface area contributed by atoms with Gasteiger partial charge in [0.1, 0.15) is 5.75 Å². The van der Waals surface area contributed by atoms with Crippen molar-refractivity contribution in [3.63, 3.8) is 0 Å². The maximum Gasteiger partial charge on any atom is 0.338 e. The lowest BCUT2D eigenvalue weighted by molar-refractivity contribution is -0.138. The molecular formula is C19H24N2O3S. The molecule has 6 heteroatoms. The van der Waals surface area contributed by atoms with E-state index < -0.39 is 0 Å². The highest BCUT2D eigenvalue weighted by Gasteiger charge is 2.30. The predicted octanol–water partition coefficient (Wildman–Crippen LogP) is 3.03. The van der Waals surface area contributed by atoms with E-state index in [1.165, 1.54) is 0 Å². The van der Waals surface area contributed by atoms with Crippen molar-refractivity contribution in [2.45, 2.75) is 26.8 Å². The number of thiocarbonyl (C=S) groups is 1. The van der Waals surface area contributed by atoms with Gasteiger partial charge >= 0.3 is 5.97 Å². The monoisotopic (exact) mass is 360 g/mol. The Morgan fingerprint density at radius 3 is 2.56 bits per heavy atom. The number of nitrogens with one attached hydrogen (secondary N) is 2. The number of hydrogen-bond acceptors (Lipinski definition) is 4. The first-order chi connectivity index (χ1) is 12.0. The summed E-state index contributed by atoms with van der Waals surface area (Å²) in [5.74, 6) is 0.585. The molecule has 1 heterocycles. The number of carbonyl (C=O) groups excluding carboxylic acids is 1. The van der Waals surface area contributed by atoms with Gasteiger partial charge in [0.25, 0.3) is 0 Å². The third-order valence-electron chi connectivity index (χ3n) is 3.81. The Morgan fingerprint density at radius 1 is 1.32 bits per heavy atom. The zero-order valence-corrected chi connectivity index (χ0v) is 15.8. The van der Waals surface area contributed by atoms with Crippen molar-refractivity contribution in [3.05, 3.63) is 47.2 Å². The Morgan fingerprint density at radius 2 is 2.00 bits per heavy atom. The first-order valence-electron chi connectivity index (χ1n) is 8.27. The van der Waals surface area contributed by atoms with E-state index in [4.69, 9.17) is 21.7 Å². The fraction of sp³-hybridized carbons (Fsp3) is 0.368. The summed E-state index contributed by atoms with van der Waals surface area (Å²) in [6.07, 6.45) is 3.87. The normalized spacial score (nSPS) is 17.5. The molecule has 1 aliphatic heterocycles. The summed E-state index contributed by atoms with van der Waals surface area (Å²) >= 11 is 5.29. The van der Waals surface area contributed by atoms with Crippen LogP contribution in [0.4, 0.5) is 0 Å². The number of carbonyl (C=O) groups is 1. The summed E-state index contributed by atoms with van der Waals surface area (Å²) in [6.45, 7) is 6.15. The van der Waals surface area contributed by atoms with E-state index in [2.05, 4.69) is 10.6 Å². The van der Waals surface area contributed by atoms with Crippen LogP contribution in [0.25, 0.3) is 6.08 Å². The van der Waals surface area contributed by atoms with Crippen LogP contribution in [-0.2, 0) is 9.53 Å². The van der Waals surface area contributed by atoms with Gasteiger partial charge < -0.3 is 20.1 Å². The first kappa shape index (κ1) is 19.0. The van der Waals surface area contributed by atoms with Gasteiger partial charge in [-0.25, -0.2) is 4.79 Å². The molecular weight excluding hydrogens is 336 g/mol. The molecule has 1 aromatic rings. The van der Waals surface area contributed by atoms with Crippen LogP contribution in [-0.4, -0.2) is 30.8 Å². The smallest absolute Gasteiger partial charge is 0.338 e. The van der Waals surface area contributed by atoms with E-state index in [0.717, 1.165) is 17.0 Å². The second-order valence-corrected chi connectivity index (χ2v) is 6.32. The minimum absolute atomic E-state index is 0.122. The van der Waals surface area contributed by atoms with Crippen LogP contribution >= 0.6 is 12.2 Å². The van der Waals surface area contributed by atoms with Gasteiger partial charge in [0, 0.05) is 5.70 Å². The molecule has 0 spiro atoms. The topological polar surface area (TPSA) is 59.6 Å². The van der Waals surface area contributed by atoms with E-state index in [1.807, 2.05) is 50.3 Å². The molecule has 1 aromatic carbocycles. The summed E-state index contributed by atoms with van der Waals surface area (Å²) < 4.78 is 10.4. The van der Waals surface area contributed by atoms with Gasteiger partial charge in [0.2, 0.25) is 0 Å². The molecule has 0 fully saturated rings. The number of methoxy groups -OCH3 is 1. The van der Waals surface area contributed by atoms with Crippen LogP contribution in [0.2, 0.25) is 0 Å². The molecule has 0 radical (unpaired) electrons. The second kappa shape index (κ2) is 8.67. The number of hydrogen-bond donors (Lipinski definition) is 2. The molecule has 0 unspecified atom stereocenters. The van der Waals surface area contributed by atoms with Gasteiger partial charge in [-0.1, -0.05) is 38.1 Å². The minimum atomic E-state index is -0.340. The zero-order valence-electron chi connectivity index (χ0n) is 15.0. The Bertz CT molecular complexity index is 693. The van der Waals surface area contributed by atoms with Crippen molar-refractivity contribution in [2.75, 3.05) is 13.7 Å². The third-order valence-corrected chi connectivity index (χ3v) is 4.03. The zero-order chi connectivity index (χ0) is 18.4. The number of allylic oxidation sites excluding steroid dienone is 1. The molecule has 2 rings (SSSR count).